The fraction of sp³-hybridized carbons (Fsp3) is 0.909. The van der Waals surface area contributed by atoms with E-state index in [4.69, 9.17) is 4.74 Å². The van der Waals surface area contributed by atoms with Gasteiger partial charge in [0.1, 0.15) is 6.04 Å². The van der Waals surface area contributed by atoms with Crippen LogP contribution in [0.3, 0.4) is 0 Å². The minimum atomic E-state index is -0.159. The Balaban J connectivity index is 3.99. The number of carbonyl (C=O) groups is 1. The van der Waals surface area contributed by atoms with Gasteiger partial charge in [0.2, 0.25) is 0 Å². The summed E-state index contributed by atoms with van der Waals surface area (Å²) in [5.74, 6) is 0.269. The second-order valence-corrected chi connectivity index (χ2v) is 4.46. The molecule has 1 atom stereocenters. The van der Waals surface area contributed by atoms with Crippen molar-refractivity contribution in [2.45, 2.75) is 46.7 Å². The monoisotopic (exact) mass is 201 g/mol. The molecule has 0 aromatic rings. The zero-order valence-electron chi connectivity index (χ0n) is 10.2. The highest BCUT2D eigenvalue weighted by Crippen LogP contribution is 2.04. The van der Waals surface area contributed by atoms with Crippen molar-refractivity contribution < 1.29 is 9.53 Å². The molecule has 3 heteroatoms. The predicted octanol–water partition coefficient (Wildman–Crippen LogP) is 1.91. The van der Waals surface area contributed by atoms with Crippen molar-refractivity contribution in [1.82, 2.24) is 4.90 Å². The van der Waals surface area contributed by atoms with E-state index < -0.39 is 0 Å². The molecule has 0 aliphatic rings. The molecule has 0 aliphatic heterocycles. The number of esters is 1. The summed E-state index contributed by atoms with van der Waals surface area (Å²) < 4.78 is 5.16. The minimum absolute atomic E-state index is 0.130. The van der Waals surface area contributed by atoms with E-state index in [9.17, 15) is 4.79 Å². The lowest BCUT2D eigenvalue weighted by Crippen LogP contribution is -2.41. The van der Waals surface area contributed by atoms with E-state index in [0.717, 1.165) is 0 Å². The maximum Gasteiger partial charge on any atom is 0.323 e. The summed E-state index contributed by atoms with van der Waals surface area (Å²) >= 11 is 0. The van der Waals surface area contributed by atoms with Crippen LogP contribution in [0.15, 0.2) is 0 Å². The standard InChI is InChI=1S/C11H23NO2/c1-8(2)7-14-11(13)10(5)12(6)9(3)4/h8-10H,7H2,1-6H3. The number of likely N-dealkylation sites (N-methyl/N-ethyl adjacent to an activating group) is 1. The maximum atomic E-state index is 11.5. The molecule has 0 aromatic carbocycles. The lowest BCUT2D eigenvalue weighted by atomic mass is 10.2. The van der Waals surface area contributed by atoms with Gasteiger partial charge in [0.05, 0.1) is 6.61 Å². The first kappa shape index (κ1) is 13.4. The highest BCUT2D eigenvalue weighted by atomic mass is 16.5. The van der Waals surface area contributed by atoms with Gasteiger partial charge < -0.3 is 4.74 Å². The molecule has 3 nitrogen and oxygen atoms in total. The molecule has 84 valence electrons. The van der Waals surface area contributed by atoms with Crippen LogP contribution in [0, 0.1) is 5.92 Å². The molecule has 0 aromatic heterocycles. The van der Waals surface area contributed by atoms with Crippen molar-refractivity contribution in [1.29, 1.82) is 0 Å². The summed E-state index contributed by atoms with van der Waals surface area (Å²) in [6.45, 7) is 10.6. The van der Waals surface area contributed by atoms with Crippen molar-refractivity contribution >= 4 is 5.97 Å². The Hall–Kier alpha value is -0.570. The first-order valence-corrected chi connectivity index (χ1v) is 5.24. The summed E-state index contributed by atoms with van der Waals surface area (Å²) in [7, 11) is 1.94. The molecule has 0 aliphatic carbocycles. The average molecular weight is 201 g/mol. The third kappa shape index (κ3) is 4.61. The topological polar surface area (TPSA) is 29.5 Å². The lowest BCUT2D eigenvalue weighted by Gasteiger charge is -2.26. The highest BCUT2D eigenvalue weighted by molar-refractivity contribution is 5.75. The predicted molar refractivity (Wildman–Crippen MR) is 58.2 cm³/mol. The lowest BCUT2D eigenvalue weighted by molar-refractivity contribution is -0.150. The third-order valence-corrected chi connectivity index (χ3v) is 2.33. The summed E-state index contributed by atoms with van der Waals surface area (Å²) in [6, 6.07) is 0.199. The fourth-order valence-electron chi connectivity index (χ4n) is 0.983. The number of nitrogens with zero attached hydrogens (tertiary/aromatic N) is 1. The van der Waals surface area contributed by atoms with Gasteiger partial charge in [0, 0.05) is 6.04 Å². The Bertz CT molecular complexity index is 178. The molecule has 0 rings (SSSR count). The fourth-order valence-corrected chi connectivity index (χ4v) is 0.983. The van der Waals surface area contributed by atoms with Crippen LogP contribution in [-0.4, -0.2) is 36.6 Å². The molecule has 0 bridgehead atoms. The van der Waals surface area contributed by atoms with Gasteiger partial charge in [-0.2, -0.15) is 0 Å². The molecule has 0 saturated carbocycles. The molecule has 0 spiro atoms. The maximum absolute atomic E-state index is 11.5. The van der Waals surface area contributed by atoms with Crippen LogP contribution in [-0.2, 0) is 9.53 Å². The molecule has 0 N–H and O–H groups in total. The zero-order chi connectivity index (χ0) is 11.3. The zero-order valence-corrected chi connectivity index (χ0v) is 10.2. The van der Waals surface area contributed by atoms with Crippen LogP contribution < -0.4 is 0 Å². The van der Waals surface area contributed by atoms with E-state index in [-0.39, 0.29) is 12.0 Å². The molecule has 14 heavy (non-hydrogen) atoms. The number of rotatable bonds is 5. The largest absolute Gasteiger partial charge is 0.464 e. The third-order valence-electron chi connectivity index (χ3n) is 2.33. The summed E-state index contributed by atoms with van der Waals surface area (Å²) in [5, 5.41) is 0. The van der Waals surface area contributed by atoms with Gasteiger partial charge in [-0.15, -0.1) is 0 Å². The van der Waals surface area contributed by atoms with Crippen LogP contribution in [0.4, 0.5) is 0 Å². The van der Waals surface area contributed by atoms with Crippen LogP contribution in [0.1, 0.15) is 34.6 Å². The summed E-state index contributed by atoms with van der Waals surface area (Å²) in [6.07, 6.45) is 0. The normalized spacial score (nSPS) is 13.8. The van der Waals surface area contributed by atoms with E-state index in [1.807, 2.05) is 32.7 Å². The van der Waals surface area contributed by atoms with Crippen molar-refractivity contribution in [2.24, 2.45) is 5.92 Å². The van der Waals surface area contributed by atoms with Gasteiger partial charge in [-0.25, -0.2) is 0 Å². The van der Waals surface area contributed by atoms with E-state index in [1.54, 1.807) is 0 Å². The second-order valence-electron chi connectivity index (χ2n) is 4.46. The average Bonchev–Trinajstić information content (AvgIpc) is 2.11. The number of hydrogen-bond donors (Lipinski definition) is 0. The minimum Gasteiger partial charge on any atom is -0.464 e. The molecule has 0 radical (unpaired) electrons. The van der Waals surface area contributed by atoms with Crippen LogP contribution >= 0.6 is 0 Å². The molecule has 1 unspecified atom stereocenters. The van der Waals surface area contributed by atoms with Gasteiger partial charge in [-0.05, 0) is 33.7 Å². The second kappa shape index (κ2) is 6.02. The summed E-state index contributed by atoms with van der Waals surface area (Å²) in [5.41, 5.74) is 0. The van der Waals surface area contributed by atoms with E-state index in [2.05, 4.69) is 13.8 Å². The van der Waals surface area contributed by atoms with E-state index in [1.165, 1.54) is 0 Å². The first-order valence-electron chi connectivity index (χ1n) is 5.24. The van der Waals surface area contributed by atoms with Gasteiger partial charge in [0.25, 0.3) is 0 Å². The molecular formula is C11H23NO2. The van der Waals surface area contributed by atoms with Crippen LogP contribution in [0.2, 0.25) is 0 Å². The molecule has 0 saturated heterocycles. The quantitative estimate of drug-likeness (QED) is 0.636. The Morgan fingerprint density at radius 3 is 2.07 bits per heavy atom. The van der Waals surface area contributed by atoms with Gasteiger partial charge in [-0.3, -0.25) is 9.69 Å². The molecule has 0 amide bonds. The van der Waals surface area contributed by atoms with E-state index >= 15 is 0 Å². The Morgan fingerprint density at radius 2 is 1.71 bits per heavy atom. The van der Waals surface area contributed by atoms with Gasteiger partial charge in [0.15, 0.2) is 0 Å². The van der Waals surface area contributed by atoms with Crippen molar-refractivity contribution in [2.75, 3.05) is 13.7 Å². The molecular weight excluding hydrogens is 178 g/mol. The molecule has 0 fully saturated rings. The number of carbonyl (C=O) groups excluding carboxylic acids is 1. The number of ether oxygens (including phenoxy) is 1. The molecule has 0 heterocycles. The van der Waals surface area contributed by atoms with Crippen LogP contribution in [0.25, 0.3) is 0 Å². The van der Waals surface area contributed by atoms with Gasteiger partial charge in [-0.1, -0.05) is 13.8 Å². The summed E-state index contributed by atoms with van der Waals surface area (Å²) in [4.78, 5) is 13.5. The van der Waals surface area contributed by atoms with E-state index in [0.29, 0.717) is 18.6 Å². The van der Waals surface area contributed by atoms with Crippen molar-refractivity contribution in [3.8, 4) is 0 Å². The Morgan fingerprint density at radius 1 is 1.21 bits per heavy atom. The van der Waals surface area contributed by atoms with Crippen molar-refractivity contribution in [3.05, 3.63) is 0 Å². The first-order chi connectivity index (χ1) is 6.36. The highest BCUT2D eigenvalue weighted by Gasteiger charge is 2.21. The van der Waals surface area contributed by atoms with Crippen molar-refractivity contribution in [3.63, 3.8) is 0 Å². The smallest absolute Gasteiger partial charge is 0.323 e. The van der Waals surface area contributed by atoms with Crippen LogP contribution in [0.5, 0.6) is 0 Å². The Labute approximate surface area is 87.4 Å². The Kier molecular flexibility index (Phi) is 5.77. The number of hydrogen-bond acceptors (Lipinski definition) is 3. The van der Waals surface area contributed by atoms with Gasteiger partial charge >= 0.3 is 5.97 Å². The SMILES string of the molecule is CC(C)COC(=O)C(C)N(C)C(C)C.